The lowest BCUT2D eigenvalue weighted by molar-refractivity contribution is -0.120. The van der Waals surface area contributed by atoms with Gasteiger partial charge in [-0.1, -0.05) is 0 Å². The molecule has 7 nitrogen and oxygen atoms in total. The molecule has 2 aliphatic carbocycles. The quantitative estimate of drug-likeness (QED) is 0.329. The number of nitrogens with one attached hydrogen (secondary N) is 3. The number of carbonyl (C=O) groups excluding carboxylic acids is 1. The van der Waals surface area contributed by atoms with Crippen LogP contribution in [0.25, 0.3) is 0 Å². The first-order chi connectivity index (χ1) is 16.1. The Labute approximate surface area is 197 Å². The Hall–Kier alpha value is -1.70. The largest absolute Gasteiger partial charge is 0.489 e. The molecule has 5 rings (SSSR count). The van der Waals surface area contributed by atoms with Crippen LogP contribution in [-0.4, -0.2) is 62.3 Å². The highest BCUT2D eigenvalue weighted by Gasteiger charge is 2.64. The summed E-state index contributed by atoms with van der Waals surface area (Å²) in [6, 6.07) is 2.59. The van der Waals surface area contributed by atoms with E-state index in [2.05, 4.69) is 20.9 Å². The number of carbonyl (C=O) groups is 1. The fraction of sp³-hybridized carbons (Fsp3) is 0.769. The Morgan fingerprint density at radius 1 is 1.33 bits per heavy atom. The second kappa shape index (κ2) is 9.88. The Balaban J connectivity index is 0.942. The van der Waals surface area contributed by atoms with Crippen molar-refractivity contribution >= 4 is 11.6 Å². The van der Waals surface area contributed by atoms with Crippen LogP contribution in [0, 0.1) is 17.3 Å². The highest BCUT2D eigenvalue weighted by Crippen LogP contribution is 2.65. The topological polar surface area (TPSA) is 94.4 Å². The number of pyridine rings is 1. The number of rotatable bonds is 12. The lowest BCUT2D eigenvalue weighted by Crippen LogP contribution is -2.27. The number of hydrogen-bond donors (Lipinski definition) is 3. The SMILES string of the molecule is COC(C)CC(=O)C1NC1[C@H]1CC12CCC(CCNCCNc1nccc3c1OCC3)CC2. The number of anilines is 1. The normalized spacial score (nSPS) is 32.8. The van der Waals surface area contributed by atoms with Crippen molar-refractivity contribution in [3.63, 3.8) is 0 Å². The second-order valence-corrected chi connectivity index (χ2v) is 10.7. The van der Waals surface area contributed by atoms with Crippen LogP contribution in [0.4, 0.5) is 5.82 Å². The van der Waals surface area contributed by atoms with E-state index in [1.54, 1.807) is 7.11 Å². The van der Waals surface area contributed by atoms with E-state index in [1.807, 2.05) is 19.2 Å². The van der Waals surface area contributed by atoms with Crippen LogP contribution in [0.1, 0.15) is 57.4 Å². The molecule has 4 aliphatic rings. The maximum absolute atomic E-state index is 12.4. The maximum Gasteiger partial charge on any atom is 0.169 e. The second-order valence-electron chi connectivity index (χ2n) is 10.7. The molecule has 0 radical (unpaired) electrons. The fourth-order valence-corrected chi connectivity index (χ4v) is 6.23. The van der Waals surface area contributed by atoms with Gasteiger partial charge in [0, 0.05) is 50.8 Å². The van der Waals surface area contributed by atoms with Crippen LogP contribution in [-0.2, 0) is 16.0 Å². The highest BCUT2D eigenvalue weighted by molar-refractivity contribution is 5.88. The van der Waals surface area contributed by atoms with E-state index in [1.165, 1.54) is 44.1 Å². The first-order valence-corrected chi connectivity index (χ1v) is 13.0. The van der Waals surface area contributed by atoms with Gasteiger partial charge in [0.05, 0.1) is 18.8 Å². The number of fused-ring (bicyclic) bond motifs is 1. The average Bonchev–Trinajstić information content (AvgIpc) is 3.70. The van der Waals surface area contributed by atoms with E-state index < -0.39 is 0 Å². The number of Topliss-reactive ketones (excluding diaryl/α,β-unsaturated/α-hetero) is 1. The fourth-order valence-electron chi connectivity index (χ4n) is 6.23. The molecule has 4 atom stereocenters. The van der Waals surface area contributed by atoms with Gasteiger partial charge >= 0.3 is 0 Å². The molecule has 33 heavy (non-hydrogen) atoms. The molecule has 182 valence electrons. The molecule has 1 aromatic rings. The monoisotopic (exact) mass is 456 g/mol. The van der Waals surface area contributed by atoms with Crippen LogP contribution >= 0.6 is 0 Å². The minimum atomic E-state index is 0.0262. The molecule has 2 saturated carbocycles. The van der Waals surface area contributed by atoms with Gasteiger partial charge in [0.15, 0.2) is 17.4 Å². The average molecular weight is 457 g/mol. The minimum absolute atomic E-state index is 0.0262. The van der Waals surface area contributed by atoms with Crippen molar-refractivity contribution in [2.45, 2.75) is 76.5 Å². The van der Waals surface area contributed by atoms with Crippen molar-refractivity contribution < 1.29 is 14.3 Å². The number of aromatic nitrogens is 1. The van der Waals surface area contributed by atoms with Gasteiger partial charge in [0.2, 0.25) is 0 Å². The molecule has 1 saturated heterocycles. The molecule has 0 amide bonds. The van der Waals surface area contributed by atoms with E-state index in [-0.39, 0.29) is 12.1 Å². The third kappa shape index (κ3) is 5.20. The smallest absolute Gasteiger partial charge is 0.169 e. The lowest BCUT2D eigenvalue weighted by atomic mass is 9.76. The van der Waals surface area contributed by atoms with Gasteiger partial charge in [-0.3, -0.25) is 4.79 Å². The molecule has 3 unspecified atom stereocenters. The maximum atomic E-state index is 12.4. The Morgan fingerprint density at radius 2 is 2.18 bits per heavy atom. The van der Waals surface area contributed by atoms with Crippen molar-refractivity contribution in [2.24, 2.45) is 17.3 Å². The summed E-state index contributed by atoms with van der Waals surface area (Å²) in [7, 11) is 1.68. The molecule has 3 N–H and O–H groups in total. The van der Waals surface area contributed by atoms with Crippen LogP contribution in [0.3, 0.4) is 0 Å². The molecule has 1 aromatic heterocycles. The third-order valence-corrected chi connectivity index (χ3v) is 8.57. The summed E-state index contributed by atoms with van der Waals surface area (Å²) in [5.41, 5.74) is 1.80. The highest BCUT2D eigenvalue weighted by atomic mass is 16.5. The Kier molecular flexibility index (Phi) is 6.91. The van der Waals surface area contributed by atoms with Gasteiger partial charge in [-0.2, -0.15) is 0 Å². The summed E-state index contributed by atoms with van der Waals surface area (Å²) in [4.78, 5) is 16.8. The summed E-state index contributed by atoms with van der Waals surface area (Å²) in [5, 5.41) is 10.5. The summed E-state index contributed by atoms with van der Waals surface area (Å²) in [6.45, 7) is 5.62. The van der Waals surface area contributed by atoms with Gasteiger partial charge < -0.3 is 25.4 Å². The zero-order valence-corrected chi connectivity index (χ0v) is 20.2. The van der Waals surface area contributed by atoms with E-state index in [0.29, 0.717) is 23.7 Å². The van der Waals surface area contributed by atoms with Crippen molar-refractivity contribution in [2.75, 3.05) is 38.7 Å². The standard InChI is InChI=1S/C26H40N4O3/c1-17(32-2)15-21(31)23-22(30-23)20-16-26(20)8-3-18(4-9-26)5-10-27-12-13-29-25-24-19(6-11-28-25)7-14-33-24/h6,11,17-18,20,22-23,27,30H,3-5,7-10,12-16H2,1-2H3,(H,28,29)/t17?,18?,20-,22?,23?,26?/m1/s1. The summed E-state index contributed by atoms with van der Waals surface area (Å²) >= 11 is 0. The van der Waals surface area contributed by atoms with E-state index in [9.17, 15) is 4.79 Å². The van der Waals surface area contributed by atoms with Crippen molar-refractivity contribution in [1.29, 1.82) is 0 Å². The molecule has 1 spiro atoms. The van der Waals surface area contributed by atoms with E-state index in [4.69, 9.17) is 9.47 Å². The molecule has 0 bridgehead atoms. The number of nitrogens with zero attached hydrogens (tertiary/aromatic N) is 1. The zero-order chi connectivity index (χ0) is 22.8. The number of methoxy groups -OCH3 is 1. The van der Waals surface area contributed by atoms with Gasteiger partial charge in [0.25, 0.3) is 0 Å². The summed E-state index contributed by atoms with van der Waals surface area (Å²) < 4.78 is 11.0. The van der Waals surface area contributed by atoms with Crippen LogP contribution in [0.15, 0.2) is 12.3 Å². The first-order valence-electron chi connectivity index (χ1n) is 13.0. The number of hydrogen-bond acceptors (Lipinski definition) is 7. The Bertz CT molecular complexity index is 839. The molecule has 7 heteroatoms. The van der Waals surface area contributed by atoms with Crippen LogP contribution < -0.4 is 20.7 Å². The number of ketones is 1. The first kappa shape index (κ1) is 23.1. The molecule has 2 aliphatic heterocycles. The summed E-state index contributed by atoms with van der Waals surface area (Å²) in [6.07, 6.45) is 11.4. The van der Waals surface area contributed by atoms with Gasteiger partial charge in [0.1, 0.15) is 0 Å². The van der Waals surface area contributed by atoms with E-state index >= 15 is 0 Å². The predicted octanol–water partition coefficient (Wildman–Crippen LogP) is 2.94. The molecular formula is C26H40N4O3. The van der Waals surface area contributed by atoms with Crippen molar-refractivity contribution in [1.82, 2.24) is 15.6 Å². The van der Waals surface area contributed by atoms with Crippen LogP contribution in [0.2, 0.25) is 0 Å². The molecule has 0 aromatic carbocycles. The van der Waals surface area contributed by atoms with Gasteiger partial charge in [-0.15, -0.1) is 0 Å². The zero-order valence-electron chi connectivity index (χ0n) is 20.2. The molecular weight excluding hydrogens is 416 g/mol. The predicted molar refractivity (Wildman–Crippen MR) is 129 cm³/mol. The third-order valence-electron chi connectivity index (χ3n) is 8.57. The Morgan fingerprint density at radius 3 is 3.00 bits per heavy atom. The van der Waals surface area contributed by atoms with Crippen LogP contribution in [0.5, 0.6) is 5.75 Å². The molecule has 3 heterocycles. The number of ether oxygens (including phenoxy) is 2. The van der Waals surface area contributed by atoms with Gasteiger partial charge in [-0.25, -0.2) is 4.98 Å². The minimum Gasteiger partial charge on any atom is -0.489 e. The summed E-state index contributed by atoms with van der Waals surface area (Å²) in [5.74, 6) is 3.73. The van der Waals surface area contributed by atoms with Crippen molar-refractivity contribution in [3.05, 3.63) is 17.8 Å². The molecule has 3 fully saturated rings. The lowest BCUT2D eigenvalue weighted by Gasteiger charge is -2.29. The van der Waals surface area contributed by atoms with Gasteiger partial charge in [-0.05, 0) is 75.3 Å². The van der Waals surface area contributed by atoms with E-state index in [0.717, 1.165) is 56.1 Å². The van der Waals surface area contributed by atoms with Crippen molar-refractivity contribution in [3.8, 4) is 5.75 Å².